The first-order valence-corrected chi connectivity index (χ1v) is 15.7. The first kappa shape index (κ1) is 36.6. The Morgan fingerprint density at radius 2 is 1.15 bits per heavy atom. The molecule has 0 radical (unpaired) electrons. The maximum absolute atomic E-state index is 13.9. The molecule has 0 fully saturated rings. The molecule has 0 saturated heterocycles. The van der Waals surface area contributed by atoms with Gasteiger partial charge in [-0.25, -0.2) is 0 Å². The van der Waals surface area contributed by atoms with Crippen molar-refractivity contribution >= 4 is 19.4 Å². The van der Waals surface area contributed by atoms with Crippen LogP contribution in [0.4, 0.5) is 0 Å². The number of rotatable bonds is 15. The second-order valence-electron chi connectivity index (χ2n) is 13.1. The van der Waals surface area contributed by atoms with Crippen LogP contribution in [0.3, 0.4) is 0 Å². The Morgan fingerprint density at radius 1 is 0.750 bits per heavy atom. The van der Waals surface area contributed by atoms with Crippen molar-refractivity contribution in [3.63, 3.8) is 0 Å². The van der Waals surface area contributed by atoms with Crippen molar-refractivity contribution in [1.29, 1.82) is 0 Å². The van der Waals surface area contributed by atoms with E-state index in [1.807, 2.05) is 26.0 Å². The van der Waals surface area contributed by atoms with Gasteiger partial charge in [0.25, 0.3) is 0 Å². The fraction of sp³-hybridized carbons (Fsp3) is 0.618. The molecule has 2 rings (SSSR count). The molecule has 0 aliphatic heterocycles. The number of carbonyl (C=O) groups excluding carboxylic acids is 1. The predicted octanol–water partition coefficient (Wildman–Crippen LogP) is 6.14. The Labute approximate surface area is 260 Å². The quantitative estimate of drug-likeness (QED) is 0.193. The molecule has 0 aromatic heterocycles. The van der Waals surface area contributed by atoms with Crippen LogP contribution < -0.4 is 38.4 Å². The second kappa shape index (κ2) is 16.8. The van der Waals surface area contributed by atoms with Crippen LogP contribution in [0.1, 0.15) is 110 Å². The van der Waals surface area contributed by atoms with Crippen LogP contribution >= 0.6 is 8.58 Å². The van der Waals surface area contributed by atoms with Gasteiger partial charge in [-0.3, -0.25) is 4.79 Å². The van der Waals surface area contributed by atoms with Crippen molar-refractivity contribution in [1.82, 2.24) is 0 Å². The zero-order valence-corrected chi connectivity index (χ0v) is 28.4. The Bertz CT molecular complexity index is 1030. The fourth-order valence-corrected chi connectivity index (χ4v) is 5.43. The van der Waals surface area contributed by atoms with E-state index in [4.69, 9.17) is 14.2 Å². The van der Waals surface area contributed by atoms with Crippen LogP contribution in [0, 0.1) is 31.6 Å². The average Bonchev–Trinajstić information content (AvgIpc) is 2.79. The molecule has 1 atom stereocenters. The third kappa shape index (κ3) is 11.8. The minimum atomic E-state index is -0.109. The van der Waals surface area contributed by atoms with Crippen molar-refractivity contribution in [2.45, 2.75) is 101 Å². The van der Waals surface area contributed by atoms with Crippen molar-refractivity contribution in [2.24, 2.45) is 17.8 Å². The van der Waals surface area contributed by atoms with Gasteiger partial charge in [0.1, 0.15) is 17.2 Å². The van der Waals surface area contributed by atoms with E-state index in [0.29, 0.717) is 49.1 Å². The average molecular weight is 565 g/mol. The molecule has 0 N–H and O–H groups in total. The zero-order chi connectivity index (χ0) is 29.3. The molecule has 0 aliphatic rings. The number of ether oxygens (including phenoxy) is 3. The number of carbonyl (C=O) groups is 1. The summed E-state index contributed by atoms with van der Waals surface area (Å²) in [6.07, 6.45) is 2.84. The van der Waals surface area contributed by atoms with Gasteiger partial charge in [0.15, 0.2) is 5.52 Å². The zero-order valence-electron chi connectivity index (χ0n) is 28.4. The number of aryl methyl sites for hydroxylation is 2. The van der Waals surface area contributed by atoms with Gasteiger partial charge >= 0.3 is 18.9 Å². The molecule has 0 saturated carbocycles. The molecule has 2 aromatic rings. The smallest absolute Gasteiger partial charge is 1.00 e. The van der Waals surface area contributed by atoms with Gasteiger partial charge in [0, 0.05) is 17.7 Å². The maximum atomic E-state index is 13.9. The first-order chi connectivity index (χ1) is 18.2. The standard InChI is InChI=1S/C34H53O4P.Li.H/c1-22(2)12-15-36-28-20-29(37-16-13-23(3)4)32(30(21-28)38-17-14-24(5)6)39-33(35)31-25(7)18-27(19-26(31)8)34(9,10)11;;/h18-24,39H,12-17H2,1-11H3;;/q;+1;-1. The van der Waals surface area contributed by atoms with E-state index in [1.54, 1.807) is 0 Å². The summed E-state index contributed by atoms with van der Waals surface area (Å²) in [6, 6.07) is 8.23. The van der Waals surface area contributed by atoms with E-state index in [2.05, 4.69) is 74.4 Å². The molecular formula is C34H54LiO4P. The normalized spacial score (nSPS) is 11.9. The summed E-state index contributed by atoms with van der Waals surface area (Å²) in [6.45, 7) is 25.7. The second-order valence-corrected chi connectivity index (χ2v) is 14.3. The van der Waals surface area contributed by atoms with E-state index in [9.17, 15) is 4.79 Å². The summed E-state index contributed by atoms with van der Waals surface area (Å²) in [5.74, 6) is 3.74. The molecule has 0 heterocycles. The topological polar surface area (TPSA) is 44.8 Å². The summed E-state index contributed by atoms with van der Waals surface area (Å²) in [5, 5.41) is 0.836. The molecule has 1 unspecified atom stereocenters. The minimum Gasteiger partial charge on any atom is -1.00 e. The summed E-state index contributed by atoms with van der Waals surface area (Å²) in [5.41, 5.74) is 4.24. The molecule has 0 amide bonds. The Hall–Kier alpha value is -1.46. The van der Waals surface area contributed by atoms with Crippen LogP contribution in [0.2, 0.25) is 0 Å². The third-order valence-electron chi connectivity index (χ3n) is 6.77. The van der Waals surface area contributed by atoms with Gasteiger partial charge in [-0.05, 0) is 81.5 Å². The van der Waals surface area contributed by atoms with Crippen molar-refractivity contribution in [3.05, 3.63) is 46.5 Å². The Kier molecular flexibility index (Phi) is 15.4. The first-order valence-electron chi connectivity index (χ1n) is 14.7. The van der Waals surface area contributed by atoms with Crippen LogP contribution in [0.25, 0.3) is 0 Å². The summed E-state index contributed by atoms with van der Waals surface area (Å²) in [4.78, 5) is 13.9. The molecule has 6 heteroatoms. The van der Waals surface area contributed by atoms with E-state index in [1.165, 1.54) is 5.56 Å². The van der Waals surface area contributed by atoms with Crippen LogP contribution in [-0.2, 0) is 5.41 Å². The van der Waals surface area contributed by atoms with Gasteiger partial charge < -0.3 is 15.6 Å². The van der Waals surface area contributed by atoms with Crippen molar-refractivity contribution in [3.8, 4) is 17.2 Å². The SMILES string of the molecule is Cc1cc(C(C)(C)C)cc(C)c1C(=O)Pc1c(OCCC(C)C)cc(OCCC(C)C)cc1OCCC(C)C.[H-].[Li+]. The van der Waals surface area contributed by atoms with Crippen LogP contribution in [0.5, 0.6) is 17.2 Å². The van der Waals surface area contributed by atoms with E-state index in [-0.39, 0.29) is 39.8 Å². The van der Waals surface area contributed by atoms with Gasteiger partial charge in [-0.1, -0.05) is 74.4 Å². The number of hydrogen-bond donors (Lipinski definition) is 0. The number of hydrogen-bond acceptors (Lipinski definition) is 4. The van der Waals surface area contributed by atoms with E-state index in [0.717, 1.165) is 47.0 Å². The monoisotopic (exact) mass is 564 g/mol. The van der Waals surface area contributed by atoms with E-state index < -0.39 is 0 Å². The summed E-state index contributed by atoms with van der Waals surface area (Å²) >= 11 is 0. The third-order valence-corrected chi connectivity index (χ3v) is 7.99. The molecule has 4 nitrogen and oxygen atoms in total. The Morgan fingerprint density at radius 3 is 1.52 bits per heavy atom. The maximum Gasteiger partial charge on any atom is 1.00 e. The van der Waals surface area contributed by atoms with Gasteiger partial charge in [-0.15, -0.1) is 0 Å². The van der Waals surface area contributed by atoms with E-state index >= 15 is 0 Å². The summed E-state index contributed by atoms with van der Waals surface area (Å²) < 4.78 is 18.8. The van der Waals surface area contributed by atoms with Crippen LogP contribution in [-0.4, -0.2) is 25.3 Å². The fourth-order valence-electron chi connectivity index (χ4n) is 4.15. The molecular weight excluding hydrogens is 510 g/mol. The summed E-state index contributed by atoms with van der Waals surface area (Å²) in [7, 11) is -0.109. The van der Waals surface area contributed by atoms with Gasteiger partial charge in [0.05, 0.1) is 25.1 Å². The minimum absolute atomic E-state index is 0. The largest absolute Gasteiger partial charge is 1.00 e. The Balaban J connectivity index is 0.00000800. The molecule has 0 spiro atoms. The van der Waals surface area contributed by atoms with Gasteiger partial charge in [-0.2, -0.15) is 0 Å². The molecule has 0 bridgehead atoms. The van der Waals surface area contributed by atoms with Gasteiger partial charge in [0.2, 0.25) is 0 Å². The van der Waals surface area contributed by atoms with Crippen molar-refractivity contribution in [2.75, 3.05) is 19.8 Å². The van der Waals surface area contributed by atoms with Crippen LogP contribution in [0.15, 0.2) is 24.3 Å². The molecule has 40 heavy (non-hydrogen) atoms. The predicted molar refractivity (Wildman–Crippen MR) is 169 cm³/mol. The molecule has 2 aromatic carbocycles. The van der Waals surface area contributed by atoms with Crippen molar-refractivity contribution < 1.29 is 39.3 Å². The molecule has 0 aliphatic carbocycles. The number of benzene rings is 2. The molecule has 220 valence electrons.